The lowest BCUT2D eigenvalue weighted by Crippen LogP contribution is -2.26. The van der Waals surface area contributed by atoms with Crippen molar-refractivity contribution in [1.29, 1.82) is 0 Å². The fourth-order valence-corrected chi connectivity index (χ4v) is 3.17. The van der Waals surface area contributed by atoms with Gasteiger partial charge in [0.05, 0.1) is 7.11 Å². The molecule has 0 saturated heterocycles. The predicted octanol–water partition coefficient (Wildman–Crippen LogP) is 3.12. The van der Waals surface area contributed by atoms with Crippen molar-refractivity contribution in [1.82, 2.24) is 0 Å². The summed E-state index contributed by atoms with van der Waals surface area (Å²) in [5.74, 6) is -0.471. The van der Waals surface area contributed by atoms with E-state index in [1.165, 1.54) is 7.11 Å². The lowest BCUT2D eigenvalue weighted by Gasteiger charge is -2.09. The van der Waals surface area contributed by atoms with Crippen LogP contribution in [0.2, 0.25) is 0 Å². The van der Waals surface area contributed by atoms with Crippen LogP contribution < -0.4 is 0 Å². The van der Waals surface area contributed by atoms with Gasteiger partial charge in [0.25, 0.3) is 0 Å². The third-order valence-electron chi connectivity index (χ3n) is 3.16. The molecule has 0 aromatic heterocycles. The number of halogens is 2. The number of alkyl halides is 2. The summed E-state index contributed by atoms with van der Waals surface area (Å²) in [4.78, 5) is 9.63. The Labute approximate surface area is 101 Å². The van der Waals surface area contributed by atoms with Gasteiger partial charge in [0, 0.05) is 5.41 Å². The first-order valence-electron chi connectivity index (χ1n) is 4.77. The number of hydrogen-bond acceptors (Lipinski definition) is 2. The van der Waals surface area contributed by atoms with E-state index in [0.717, 1.165) is 5.57 Å². The van der Waals surface area contributed by atoms with E-state index in [1.807, 2.05) is 33.8 Å². The molecule has 1 saturated carbocycles. The van der Waals surface area contributed by atoms with E-state index in [-0.39, 0.29) is 0 Å². The Morgan fingerprint density at radius 1 is 1.27 bits per heavy atom. The van der Waals surface area contributed by atoms with Crippen molar-refractivity contribution in [3.05, 3.63) is 11.6 Å². The number of carbonyl (C=O) groups is 1. The third-order valence-corrected chi connectivity index (χ3v) is 5.05. The van der Waals surface area contributed by atoms with E-state index < -0.39 is 21.1 Å². The van der Waals surface area contributed by atoms with Gasteiger partial charge in [0.1, 0.15) is 4.87 Å². The monoisotopic (exact) mass is 250 g/mol. The van der Waals surface area contributed by atoms with Crippen molar-refractivity contribution >= 4 is 29.2 Å². The van der Waals surface area contributed by atoms with Crippen LogP contribution in [0.5, 0.6) is 0 Å². The lowest BCUT2D eigenvalue weighted by molar-refractivity contribution is -0.141. The highest BCUT2D eigenvalue weighted by Gasteiger charge is 2.85. The van der Waals surface area contributed by atoms with Crippen molar-refractivity contribution < 1.29 is 9.53 Å². The Morgan fingerprint density at radius 2 is 1.73 bits per heavy atom. The smallest absolute Gasteiger partial charge is 0.329 e. The molecule has 0 aromatic carbocycles. The highest BCUT2D eigenvalue weighted by molar-refractivity contribution is 6.49. The molecule has 0 spiro atoms. The summed E-state index contributed by atoms with van der Waals surface area (Å²) in [6, 6.07) is 0. The van der Waals surface area contributed by atoms with E-state index in [4.69, 9.17) is 27.9 Å². The van der Waals surface area contributed by atoms with Crippen LogP contribution in [0.15, 0.2) is 11.6 Å². The average molecular weight is 251 g/mol. The maximum atomic E-state index is 11.6. The number of allylic oxidation sites excluding steroid dienone is 2. The first-order valence-corrected chi connectivity index (χ1v) is 5.53. The second-order valence-corrected chi connectivity index (χ2v) is 5.87. The van der Waals surface area contributed by atoms with Gasteiger partial charge in [-0.2, -0.15) is 0 Å². The normalized spacial score (nSPS) is 37.0. The van der Waals surface area contributed by atoms with Crippen LogP contribution >= 0.6 is 23.2 Å². The van der Waals surface area contributed by atoms with Crippen molar-refractivity contribution in [2.45, 2.75) is 37.4 Å². The maximum Gasteiger partial charge on any atom is 0.329 e. The molecule has 0 bridgehead atoms. The number of hydrogen-bond donors (Lipinski definition) is 0. The standard InChI is InChI=1S/C11H16Cl2O2/c1-7(2)6-10(12)9(3,4)11(10,13)8(14)15-5/h6H,1-5H3. The van der Waals surface area contributed by atoms with E-state index in [1.54, 1.807) is 0 Å². The molecule has 0 heterocycles. The summed E-state index contributed by atoms with van der Waals surface area (Å²) in [6.45, 7) is 7.58. The molecule has 2 unspecified atom stereocenters. The van der Waals surface area contributed by atoms with E-state index >= 15 is 0 Å². The fourth-order valence-electron chi connectivity index (χ4n) is 2.02. The van der Waals surface area contributed by atoms with Gasteiger partial charge in [-0.05, 0) is 13.8 Å². The molecule has 0 N–H and O–H groups in total. The molecular weight excluding hydrogens is 235 g/mol. The largest absolute Gasteiger partial charge is 0.468 e. The quantitative estimate of drug-likeness (QED) is 0.428. The molecule has 2 atom stereocenters. The minimum absolute atomic E-state index is 0.471. The molecule has 0 aromatic rings. The second kappa shape index (κ2) is 3.39. The van der Waals surface area contributed by atoms with Crippen molar-refractivity contribution in [3.63, 3.8) is 0 Å². The molecule has 86 valence electrons. The number of ether oxygens (including phenoxy) is 1. The van der Waals surface area contributed by atoms with Crippen molar-refractivity contribution in [3.8, 4) is 0 Å². The van der Waals surface area contributed by atoms with Gasteiger partial charge in [0.15, 0.2) is 4.87 Å². The van der Waals surface area contributed by atoms with E-state index in [0.29, 0.717) is 0 Å². The summed E-state index contributed by atoms with van der Waals surface area (Å²) < 4.78 is 4.71. The number of carbonyl (C=O) groups excluding carboxylic acids is 1. The topological polar surface area (TPSA) is 26.3 Å². The Hall–Kier alpha value is -0.210. The zero-order valence-electron chi connectivity index (χ0n) is 9.65. The average Bonchev–Trinajstić information content (AvgIpc) is 2.44. The van der Waals surface area contributed by atoms with E-state index in [2.05, 4.69) is 0 Å². The summed E-state index contributed by atoms with van der Waals surface area (Å²) in [7, 11) is 1.32. The molecule has 1 aliphatic rings. The van der Waals surface area contributed by atoms with Gasteiger partial charge < -0.3 is 4.74 Å². The zero-order valence-corrected chi connectivity index (χ0v) is 11.2. The van der Waals surface area contributed by atoms with Gasteiger partial charge in [0.2, 0.25) is 0 Å². The number of esters is 1. The molecule has 15 heavy (non-hydrogen) atoms. The van der Waals surface area contributed by atoms with Crippen molar-refractivity contribution in [2.75, 3.05) is 7.11 Å². The van der Waals surface area contributed by atoms with Crippen LogP contribution in [0.4, 0.5) is 0 Å². The fraction of sp³-hybridized carbons (Fsp3) is 0.727. The Kier molecular flexibility index (Phi) is 2.91. The Bertz CT molecular complexity index is 331. The predicted molar refractivity (Wildman–Crippen MR) is 62.4 cm³/mol. The Balaban J connectivity index is 3.16. The molecule has 2 nitrogen and oxygen atoms in total. The van der Waals surface area contributed by atoms with Crippen LogP contribution in [-0.4, -0.2) is 22.8 Å². The maximum absolute atomic E-state index is 11.6. The summed E-state index contributed by atoms with van der Waals surface area (Å²) in [6.07, 6.45) is 1.83. The van der Waals surface area contributed by atoms with E-state index in [9.17, 15) is 4.79 Å². The van der Waals surface area contributed by atoms with Gasteiger partial charge in [-0.3, -0.25) is 4.79 Å². The molecule has 1 rings (SSSR count). The summed E-state index contributed by atoms with van der Waals surface area (Å²) >= 11 is 12.7. The second-order valence-electron chi connectivity index (χ2n) is 4.71. The highest BCUT2D eigenvalue weighted by atomic mass is 35.5. The molecule has 0 amide bonds. The van der Waals surface area contributed by atoms with Crippen LogP contribution in [-0.2, 0) is 9.53 Å². The molecule has 0 radical (unpaired) electrons. The summed E-state index contributed by atoms with van der Waals surface area (Å²) in [5, 5.41) is 0. The first kappa shape index (κ1) is 12.9. The SMILES string of the molecule is COC(=O)C1(Cl)C(C)(C)C1(Cl)C=C(C)C. The van der Waals surface area contributed by atoms with Gasteiger partial charge in [-0.15, -0.1) is 23.2 Å². The van der Waals surface area contributed by atoms with Gasteiger partial charge in [-0.25, -0.2) is 0 Å². The van der Waals surface area contributed by atoms with Crippen LogP contribution in [0, 0.1) is 5.41 Å². The minimum atomic E-state index is -1.16. The molecule has 1 aliphatic carbocycles. The molecule has 0 aliphatic heterocycles. The number of rotatable bonds is 2. The zero-order chi connectivity index (χ0) is 12.1. The van der Waals surface area contributed by atoms with Crippen LogP contribution in [0.1, 0.15) is 27.7 Å². The highest BCUT2D eigenvalue weighted by Crippen LogP contribution is 2.74. The van der Waals surface area contributed by atoms with Gasteiger partial charge in [-0.1, -0.05) is 25.5 Å². The molecular formula is C11H16Cl2O2. The van der Waals surface area contributed by atoms with Crippen LogP contribution in [0.25, 0.3) is 0 Å². The minimum Gasteiger partial charge on any atom is -0.468 e. The van der Waals surface area contributed by atoms with Crippen molar-refractivity contribution in [2.24, 2.45) is 5.41 Å². The lowest BCUT2D eigenvalue weighted by atomic mass is 10.1. The number of methoxy groups -OCH3 is 1. The van der Waals surface area contributed by atoms with Gasteiger partial charge >= 0.3 is 5.97 Å². The molecule has 1 fully saturated rings. The Morgan fingerprint density at radius 3 is 2.07 bits per heavy atom. The summed E-state index contributed by atoms with van der Waals surface area (Å²) in [5.41, 5.74) is 0.525. The van der Waals surface area contributed by atoms with Crippen LogP contribution in [0.3, 0.4) is 0 Å². The first-order chi connectivity index (χ1) is 6.65. The third kappa shape index (κ3) is 1.34. The molecule has 4 heteroatoms.